The molecule has 20 heavy (non-hydrogen) atoms. The molecule has 0 aliphatic carbocycles. The van der Waals surface area contributed by atoms with E-state index in [0.29, 0.717) is 22.2 Å². The molecule has 0 saturated carbocycles. The van der Waals surface area contributed by atoms with Crippen molar-refractivity contribution in [2.24, 2.45) is 0 Å². The molecule has 1 atom stereocenters. The molecular formula is C14H18BrNO4. The number of hydrogen-bond acceptors (Lipinski definition) is 3. The number of ether oxygens (including phenoxy) is 1. The number of carboxylic acid groups (broad SMARTS) is 1. The van der Waals surface area contributed by atoms with Crippen LogP contribution in [0.15, 0.2) is 22.7 Å². The van der Waals surface area contributed by atoms with Gasteiger partial charge in [-0.3, -0.25) is 4.79 Å². The molecule has 1 amide bonds. The Kier molecular flexibility index (Phi) is 6.01. The van der Waals surface area contributed by atoms with Crippen LogP contribution in [0, 0.1) is 0 Å². The fourth-order valence-corrected chi connectivity index (χ4v) is 2.09. The lowest BCUT2D eigenvalue weighted by molar-refractivity contribution is -0.139. The van der Waals surface area contributed by atoms with Gasteiger partial charge in [-0.15, -0.1) is 0 Å². The van der Waals surface area contributed by atoms with Gasteiger partial charge in [-0.05, 0) is 38.5 Å². The number of amides is 1. The molecule has 2 N–H and O–H groups in total. The number of nitrogens with one attached hydrogen (secondary N) is 1. The van der Waals surface area contributed by atoms with Gasteiger partial charge in [0.15, 0.2) is 0 Å². The van der Waals surface area contributed by atoms with Crippen molar-refractivity contribution in [3.8, 4) is 5.75 Å². The standard InChI is InChI=1S/C14H18BrNO4/c1-4-12(14(18)19)16-13(17)9-5-10(15)7-11(6-9)20-8(2)3/h5-8,12H,4H2,1-3H3,(H,16,17)(H,18,19). The van der Waals surface area contributed by atoms with Crippen LogP contribution in [-0.4, -0.2) is 29.1 Å². The zero-order valence-electron chi connectivity index (χ0n) is 11.6. The molecule has 6 heteroatoms. The largest absolute Gasteiger partial charge is 0.491 e. The van der Waals surface area contributed by atoms with Crippen LogP contribution in [0.4, 0.5) is 0 Å². The van der Waals surface area contributed by atoms with Crippen molar-refractivity contribution in [3.05, 3.63) is 28.2 Å². The summed E-state index contributed by atoms with van der Waals surface area (Å²) < 4.78 is 6.24. The molecule has 1 aromatic carbocycles. The van der Waals surface area contributed by atoms with Gasteiger partial charge in [-0.25, -0.2) is 4.79 Å². The van der Waals surface area contributed by atoms with Crippen molar-refractivity contribution in [2.45, 2.75) is 39.3 Å². The van der Waals surface area contributed by atoms with Gasteiger partial charge in [-0.1, -0.05) is 22.9 Å². The third kappa shape index (κ3) is 4.85. The maximum atomic E-state index is 12.1. The second kappa shape index (κ2) is 7.28. The fourth-order valence-electron chi connectivity index (χ4n) is 1.61. The molecule has 110 valence electrons. The van der Waals surface area contributed by atoms with E-state index in [-0.39, 0.29) is 6.10 Å². The molecule has 0 bridgehead atoms. The second-order valence-corrected chi connectivity index (χ2v) is 5.53. The number of benzene rings is 1. The lowest BCUT2D eigenvalue weighted by Gasteiger charge is -2.14. The van der Waals surface area contributed by atoms with E-state index in [2.05, 4.69) is 21.2 Å². The highest BCUT2D eigenvalue weighted by Gasteiger charge is 2.19. The Morgan fingerprint density at radius 3 is 2.50 bits per heavy atom. The minimum Gasteiger partial charge on any atom is -0.491 e. The number of carboxylic acids is 1. The van der Waals surface area contributed by atoms with Crippen molar-refractivity contribution in [2.75, 3.05) is 0 Å². The monoisotopic (exact) mass is 343 g/mol. The Morgan fingerprint density at radius 2 is 2.00 bits per heavy atom. The number of carbonyl (C=O) groups is 2. The first kappa shape index (κ1) is 16.5. The van der Waals surface area contributed by atoms with Gasteiger partial charge >= 0.3 is 5.97 Å². The van der Waals surface area contributed by atoms with Gasteiger partial charge < -0.3 is 15.2 Å². The summed E-state index contributed by atoms with van der Waals surface area (Å²) in [6.45, 7) is 5.48. The molecule has 0 saturated heterocycles. The van der Waals surface area contributed by atoms with Crippen molar-refractivity contribution in [1.29, 1.82) is 0 Å². The maximum Gasteiger partial charge on any atom is 0.326 e. The lowest BCUT2D eigenvalue weighted by Crippen LogP contribution is -2.40. The normalized spacial score (nSPS) is 12.1. The predicted octanol–water partition coefficient (Wildman–Crippen LogP) is 2.83. The van der Waals surface area contributed by atoms with Gasteiger partial charge in [0.25, 0.3) is 5.91 Å². The quantitative estimate of drug-likeness (QED) is 0.832. The highest BCUT2D eigenvalue weighted by molar-refractivity contribution is 9.10. The van der Waals surface area contributed by atoms with E-state index in [4.69, 9.17) is 9.84 Å². The maximum absolute atomic E-state index is 12.1. The van der Waals surface area contributed by atoms with Gasteiger partial charge in [-0.2, -0.15) is 0 Å². The average molecular weight is 344 g/mol. The molecule has 5 nitrogen and oxygen atoms in total. The molecule has 1 aromatic rings. The van der Waals surface area contributed by atoms with E-state index in [1.54, 1.807) is 25.1 Å². The van der Waals surface area contributed by atoms with Gasteiger partial charge in [0.1, 0.15) is 11.8 Å². The summed E-state index contributed by atoms with van der Waals surface area (Å²) in [4.78, 5) is 23.0. The van der Waals surface area contributed by atoms with Crippen LogP contribution in [-0.2, 0) is 4.79 Å². The number of aliphatic carboxylic acids is 1. The van der Waals surface area contributed by atoms with E-state index < -0.39 is 17.9 Å². The third-order valence-electron chi connectivity index (χ3n) is 2.52. The first-order valence-corrected chi connectivity index (χ1v) is 7.13. The first-order chi connectivity index (χ1) is 9.33. The fraction of sp³-hybridized carbons (Fsp3) is 0.429. The minimum atomic E-state index is -1.05. The Bertz CT molecular complexity index is 502. The first-order valence-electron chi connectivity index (χ1n) is 6.34. The zero-order chi connectivity index (χ0) is 15.3. The van der Waals surface area contributed by atoms with Crippen LogP contribution in [0.3, 0.4) is 0 Å². The van der Waals surface area contributed by atoms with Crippen molar-refractivity contribution in [3.63, 3.8) is 0 Å². The SMILES string of the molecule is CCC(NC(=O)c1cc(Br)cc(OC(C)C)c1)C(=O)O. The van der Waals surface area contributed by atoms with Gasteiger partial charge in [0, 0.05) is 10.0 Å². The highest BCUT2D eigenvalue weighted by Crippen LogP contribution is 2.22. The van der Waals surface area contributed by atoms with Crippen molar-refractivity contribution < 1.29 is 19.4 Å². The highest BCUT2D eigenvalue weighted by atomic mass is 79.9. The molecule has 0 aliphatic rings. The van der Waals surface area contributed by atoms with Gasteiger partial charge in [0.05, 0.1) is 6.10 Å². The van der Waals surface area contributed by atoms with Crippen LogP contribution in [0.1, 0.15) is 37.6 Å². The Labute approximate surface area is 126 Å². The van der Waals surface area contributed by atoms with Crippen LogP contribution in [0.2, 0.25) is 0 Å². The Morgan fingerprint density at radius 1 is 1.35 bits per heavy atom. The molecule has 0 heterocycles. The molecule has 0 aliphatic heterocycles. The van der Waals surface area contributed by atoms with E-state index in [0.717, 1.165) is 0 Å². The number of rotatable bonds is 6. The molecular weight excluding hydrogens is 326 g/mol. The molecule has 0 radical (unpaired) electrons. The van der Waals surface area contributed by atoms with Crippen LogP contribution in [0.5, 0.6) is 5.75 Å². The topological polar surface area (TPSA) is 75.6 Å². The molecule has 1 rings (SSSR count). The zero-order valence-corrected chi connectivity index (χ0v) is 13.2. The predicted molar refractivity (Wildman–Crippen MR) is 79.1 cm³/mol. The third-order valence-corrected chi connectivity index (χ3v) is 2.97. The number of hydrogen-bond donors (Lipinski definition) is 2. The summed E-state index contributed by atoms with van der Waals surface area (Å²) in [5, 5.41) is 11.4. The number of halogens is 1. The summed E-state index contributed by atoms with van der Waals surface area (Å²) in [6, 6.07) is 4.08. The summed E-state index contributed by atoms with van der Waals surface area (Å²) in [6.07, 6.45) is 0.312. The van der Waals surface area contributed by atoms with Crippen LogP contribution >= 0.6 is 15.9 Å². The van der Waals surface area contributed by atoms with Crippen molar-refractivity contribution in [1.82, 2.24) is 5.32 Å². The minimum absolute atomic E-state index is 0.0115. The summed E-state index contributed by atoms with van der Waals surface area (Å²) in [7, 11) is 0. The molecule has 0 spiro atoms. The smallest absolute Gasteiger partial charge is 0.326 e. The number of carbonyl (C=O) groups excluding carboxylic acids is 1. The van der Waals surface area contributed by atoms with E-state index in [1.165, 1.54) is 0 Å². The van der Waals surface area contributed by atoms with E-state index in [1.807, 2.05) is 13.8 Å². The average Bonchev–Trinajstić information content (AvgIpc) is 2.33. The second-order valence-electron chi connectivity index (χ2n) is 4.61. The summed E-state index contributed by atoms with van der Waals surface area (Å²) in [5.74, 6) is -0.924. The van der Waals surface area contributed by atoms with Crippen LogP contribution < -0.4 is 10.1 Å². The summed E-state index contributed by atoms with van der Waals surface area (Å²) >= 11 is 3.31. The van der Waals surface area contributed by atoms with Crippen LogP contribution in [0.25, 0.3) is 0 Å². The Hall–Kier alpha value is -1.56. The lowest BCUT2D eigenvalue weighted by atomic mass is 10.1. The van der Waals surface area contributed by atoms with Gasteiger partial charge in [0.2, 0.25) is 0 Å². The van der Waals surface area contributed by atoms with E-state index in [9.17, 15) is 9.59 Å². The van der Waals surface area contributed by atoms with Crippen molar-refractivity contribution >= 4 is 27.8 Å². The van der Waals surface area contributed by atoms with E-state index >= 15 is 0 Å². The Balaban J connectivity index is 2.92. The molecule has 0 aromatic heterocycles. The summed E-state index contributed by atoms with van der Waals surface area (Å²) in [5.41, 5.74) is 0.356. The molecule has 1 unspecified atom stereocenters. The molecule has 0 fully saturated rings.